The number of nitrogens with zero attached hydrogens (tertiary/aromatic N) is 5. The number of hydrogen-bond donors (Lipinski definition) is 1. The van der Waals surface area contributed by atoms with Crippen LogP contribution in [0.2, 0.25) is 0 Å². The predicted molar refractivity (Wildman–Crippen MR) is 116 cm³/mol. The van der Waals surface area contributed by atoms with E-state index >= 15 is 0 Å². The number of thiazole rings is 1. The minimum Gasteiger partial charge on any atom is -0.349 e. The Bertz CT molecular complexity index is 1270. The van der Waals surface area contributed by atoms with Crippen molar-refractivity contribution in [2.75, 3.05) is 6.54 Å². The minimum absolute atomic E-state index is 0.133. The lowest BCUT2D eigenvalue weighted by molar-refractivity contribution is 0.0955. The number of benzene rings is 1. The van der Waals surface area contributed by atoms with Crippen molar-refractivity contribution in [2.24, 2.45) is 0 Å². The van der Waals surface area contributed by atoms with Crippen molar-refractivity contribution in [3.8, 4) is 0 Å². The number of carbonyl (C=O) groups is 1. The van der Waals surface area contributed by atoms with Crippen LogP contribution in [0.3, 0.4) is 0 Å². The van der Waals surface area contributed by atoms with Gasteiger partial charge in [0.2, 0.25) is 0 Å². The van der Waals surface area contributed by atoms with E-state index in [-0.39, 0.29) is 11.5 Å². The Labute approximate surface area is 177 Å². The SMILES string of the molecule is Cc1ccc(Cn2cnc3c(cnn3CCNC(=O)c3sc(C)nc3C)c2=O)cc1. The summed E-state index contributed by atoms with van der Waals surface area (Å²) in [4.78, 5) is 34.5. The van der Waals surface area contributed by atoms with Crippen LogP contribution < -0.4 is 10.9 Å². The first-order valence-corrected chi connectivity index (χ1v) is 10.4. The van der Waals surface area contributed by atoms with Crippen LogP contribution in [-0.2, 0) is 13.1 Å². The van der Waals surface area contributed by atoms with Crippen LogP contribution in [0.5, 0.6) is 0 Å². The van der Waals surface area contributed by atoms with Crippen LogP contribution in [0, 0.1) is 20.8 Å². The molecule has 30 heavy (non-hydrogen) atoms. The highest BCUT2D eigenvalue weighted by molar-refractivity contribution is 7.13. The summed E-state index contributed by atoms with van der Waals surface area (Å²) in [7, 11) is 0. The largest absolute Gasteiger partial charge is 0.349 e. The van der Waals surface area contributed by atoms with Gasteiger partial charge in [-0.3, -0.25) is 14.2 Å². The number of aromatic nitrogens is 5. The fourth-order valence-corrected chi connectivity index (χ4v) is 4.10. The zero-order valence-electron chi connectivity index (χ0n) is 17.0. The summed E-state index contributed by atoms with van der Waals surface area (Å²) in [6.45, 7) is 6.98. The first kappa shape index (κ1) is 20.0. The average Bonchev–Trinajstić information content (AvgIpc) is 3.28. The summed E-state index contributed by atoms with van der Waals surface area (Å²) in [6.07, 6.45) is 3.08. The fraction of sp³-hybridized carbons (Fsp3) is 0.286. The lowest BCUT2D eigenvalue weighted by atomic mass is 10.1. The number of hydrogen-bond acceptors (Lipinski definition) is 6. The maximum absolute atomic E-state index is 12.8. The van der Waals surface area contributed by atoms with Gasteiger partial charge in [0.25, 0.3) is 11.5 Å². The van der Waals surface area contributed by atoms with Gasteiger partial charge in [-0.15, -0.1) is 11.3 Å². The zero-order chi connectivity index (χ0) is 21.3. The minimum atomic E-state index is -0.150. The van der Waals surface area contributed by atoms with Gasteiger partial charge < -0.3 is 5.32 Å². The molecule has 1 amide bonds. The Morgan fingerprint density at radius 1 is 1.17 bits per heavy atom. The van der Waals surface area contributed by atoms with Crippen molar-refractivity contribution in [3.63, 3.8) is 0 Å². The molecule has 0 spiro atoms. The molecular weight excluding hydrogens is 400 g/mol. The molecule has 9 heteroatoms. The number of carbonyl (C=O) groups excluding carboxylic acids is 1. The smallest absolute Gasteiger partial charge is 0.264 e. The Hall–Kier alpha value is -3.33. The molecule has 0 aliphatic heterocycles. The van der Waals surface area contributed by atoms with E-state index in [4.69, 9.17) is 0 Å². The summed E-state index contributed by atoms with van der Waals surface area (Å²) in [5, 5.41) is 8.49. The monoisotopic (exact) mass is 422 g/mol. The number of rotatable bonds is 6. The van der Waals surface area contributed by atoms with Gasteiger partial charge in [0.1, 0.15) is 16.6 Å². The van der Waals surface area contributed by atoms with Gasteiger partial charge in [0, 0.05) is 6.54 Å². The highest BCUT2D eigenvalue weighted by Crippen LogP contribution is 2.16. The maximum atomic E-state index is 12.8. The third-order valence-electron chi connectivity index (χ3n) is 4.81. The van der Waals surface area contributed by atoms with E-state index in [1.807, 2.05) is 45.0 Å². The van der Waals surface area contributed by atoms with Crippen LogP contribution in [0.4, 0.5) is 0 Å². The first-order valence-electron chi connectivity index (χ1n) is 9.61. The molecule has 0 aliphatic rings. The Kier molecular flexibility index (Phi) is 5.45. The molecule has 0 unspecified atom stereocenters. The van der Waals surface area contributed by atoms with E-state index in [1.54, 1.807) is 15.6 Å². The van der Waals surface area contributed by atoms with E-state index in [0.29, 0.717) is 35.5 Å². The zero-order valence-corrected chi connectivity index (χ0v) is 17.9. The van der Waals surface area contributed by atoms with Gasteiger partial charge in [-0.25, -0.2) is 14.6 Å². The molecule has 154 valence electrons. The molecule has 0 bridgehead atoms. The standard InChI is InChI=1S/C21H22N6O2S/c1-13-4-6-16(7-5-13)11-26-12-23-19-17(21(26)29)10-24-27(19)9-8-22-20(28)18-14(2)25-15(3)30-18/h4-7,10,12H,8-9,11H2,1-3H3,(H,22,28). The third-order valence-corrected chi connectivity index (χ3v) is 5.89. The summed E-state index contributed by atoms with van der Waals surface area (Å²) in [5.74, 6) is -0.150. The molecule has 1 aromatic carbocycles. The maximum Gasteiger partial charge on any atom is 0.264 e. The van der Waals surface area contributed by atoms with Gasteiger partial charge in [-0.2, -0.15) is 5.10 Å². The molecule has 0 radical (unpaired) electrons. The quantitative estimate of drug-likeness (QED) is 0.515. The van der Waals surface area contributed by atoms with Crippen LogP contribution in [0.1, 0.15) is 31.5 Å². The van der Waals surface area contributed by atoms with Crippen molar-refractivity contribution in [2.45, 2.75) is 33.9 Å². The van der Waals surface area contributed by atoms with E-state index in [2.05, 4.69) is 20.4 Å². The highest BCUT2D eigenvalue weighted by Gasteiger charge is 2.14. The van der Waals surface area contributed by atoms with Crippen LogP contribution in [0.15, 0.2) is 41.6 Å². The van der Waals surface area contributed by atoms with Gasteiger partial charge in [0.15, 0.2) is 5.65 Å². The molecule has 3 aromatic heterocycles. The molecule has 3 heterocycles. The highest BCUT2D eigenvalue weighted by atomic mass is 32.1. The molecule has 0 aliphatic carbocycles. The van der Waals surface area contributed by atoms with Gasteiger partial charge in [-0.1, -0.05) is 29.8 Å². The summed E-state index contributed by atoms with van der Waals surface area (Å²) < 4.78 is 3.22. The number of fused-ring (bicyclic) bond motifs is 1. The average molecular weight is 423 g/mol. The van der Waals surface area contributed by atoms with Crippen molar-refractivity contribution < 1.29 is 4.79 Å². The van der Waals surface area contributed by atoms with E-state index in [0.717, 1.165) is 16.3 Å². The lowest BCUT2D eigenvalue weighted by Crippen LogP contribution is -2.27. The summed E-state index contributed by atoms with van der Waals surface area (Å²) in [6, 6.07) is 8.05. The van der Waals surface area contributed by atoms with Crippen LogP contribution in [-0.4, -0.2) is 36.8 Å². The Morgan fingerprint density at radius 2 is 1.93 bits per heavy atom. The predicted octanol–water partition coefficient (Wildman–Crippen LogP) is 2.45. The van der Waals surface area contributed by atoms with E-state index in [1.165, 1.54) is 23.1 Å². The van der Waals surface area contributed by atoms with E-state index in [9.17, 15) is 9.59 Å². The number of amides is 1. The Balaban J connectivity index is 1.46. The molecule has 8 nitrogen and oxygen atoms in total. The first-order chi connectivity index (χ1) is 14.4. The third kappa shape index (κ3) is 4.02. The summed E-state index contributed by atoms with van der Waals surface area (Å²) >= 11 is 1.38. The molecular formula is C21H22N6O2S. The van der Waals surface area contributed by atoms with Gasteiger partial charge >= 0.3 is 0 Å². The molecule has 4 aromatic rings. The second kappa shape index (κ2) is 8.19. The molecule has 4 rings (SSSR count). The molecule has 0 saturated carbocycles. The topological polar surface area (TPSA) is 94.7 Å². The van der Waals surface area contributed by atoms with Crippen molar-refractivity contribution in [1.29, 1.82) is 0 Å². The van der Waals surface area contributed by atoms with Crippen LogP contribution in [0.25, 0.3) is 11.0 Å². The van der Waals surface area contributed by atoms with Crippen LogP contribution >= 0.6 is 11.3 Å². The van der Waals surface area contributed by atoms with Gasteiger partial charge in [0.05, 0.1) is 30.0 Å². The molecule has 0 fully saturated rings. The number of nitrogens with one attached hydrogen (secondary N) is 1. The van der Waals surface area contributed by atoms with E-state index < -0.39 is 0 Å². The second-order valence-electron chi connectivity index (χ2n) is 7.17. The molecule has 0 saturated heterocycles. The molecule has 0 atom stereocenters. The normalized spacial score (nSPS) is 11.2. The van der Waals surface area contributed by atoms with Gasteiger partial charge in [-0.05, 0) is 26.3 Å². The fourth-order valence-electron chi connectivity index (χ4n) is 3.26. The van der Waals surface area contributed by atoms with Crippen molar-refractivity contribution >= 4 is 28.3 Å². The molecule has 1 N–H and O–H groups in total. The van der Waals surface area contributed by atoms with Crippen molar-refractivity contribution in [1.82, 2.24) is 29.6 Å². The van der Waals surface area contributed by atoms with Crippen molar-refractivity contribution in [3.05, 3.63) is 73.8 Å². The number of aryl methyl sites for hydroxylation is 3. The second-order valence-corrected chi connectivity index (χ2v) is 8.37. The lowest BCUT2D eigenvalue weighted by Gasteiger charge is -2.07. The summed E-state index contributed by atoms with van der Waals surface area (Å²) in [5.41, 5.74) is 3.32. The Morgan fingerprint density at radius 3 is 2.63 bits per heavy atom.